The van der Waals surface area contributed by atoms with Crippen LogP contribution in [0.3, 0.4) is 0 Å². The van der Waals surface area contributed by atoms with Crippen molar-refractivity contribution in [1.82, 2.24) is 5.32 Å². The zero-order chi connectivity index (χ0) is 19.9. The molecule has 156 valence electrons. The maximum Gasteiger partial charge on any atom is 0.306 e. The fraction of sp³-hybridized carbons (Fsp3) is 0.864. The summed E-state index contributed by atoms with van der Waals surface area (Å²) in [5, 5.41) is 23.8. The van der Waals surface area contributed by atoms with Gasteiger partial charge < -0.3 is 20.3 Å². The van der Waals surface area contributed by atoms with Gasteiger partial charge in [0, 0.05) is 24.6 Å². The summed E-state index contributed by atoms with van der Waals surface area (Å²) in [4.78, 5) is 11.4. The van der Waals surface area contributed by atoms with Gasteiger partial charge in [-0.25, -0.2) is 0 Å². The van der Waals surface area contributed by atoms with Gasteiger partial charge in [-0.3, -0.25) is 4.79 Å². The molecule has 1 unspecified atom stereocenters. The Labute approximate surface area is 164 Å². The summed E-state index contributed by atoms with van der Waals surface area (Å²) in [6.07, 6.45) is 10.7. The van der Waals surface area contributed by atoms with E-state index in [1.165, 1.54) is 12.8 Å². The molecule has 3 N–H and O–H groups in total. The molecule has 5 nitrogen and oxygen atoms in total. The van der Waals surface area contributed by atoms with E-state index < -0.39 is 6.10 Å². The van der Waals surface area contributed by atoms with Crippen molar-refractivity contribution in [2.75, 3.05) is 6.61 Å². The molecule has 0 aromatic heterocycles. The normalized spacial score (nSPS) is 23.7. The average molecular weight is 382 g/mol. The van der Waals surface area contributed by atoms with Crippen LogP contribution in [0.15, 0.2) is 11.8 Å². The van der Waals surface area contributed by atoms with Gasteiger partial charge in [0.05, 0.1) is 12.7 Å². The van der Waals surface area contributed by atoms with E-state index in [9.17, 15) is 15.0 Å². The predicted molar refractivity (Wildman–Crippen MR) is 107 cm³/mol. The monoisotopic (exact) mass is 381 g/mol. The number of rotatable bonds is 12. The first kappa shape index (κ1) is 22.2. The van der Waals surface area contributed by atoms with Crippen LogP contribution >= 0.6 is 0 Å². The molecule has 2 fully saturated rings. The summed E-state index contributed by atoms with van der Waals surface area (Å²) in [7, 11) is 0. The van der Waals surface area contributed by atoms with Crippen LogP contribution in [0.4, 0.5) is 0 Å². The Bertz CT molecular complexity index is 499. The third-order valence-electron chi connectivity index (χ3n) is 6.11. The van der Waals surface area contributed by atoms with E-state index in [1.807, 2.05) is 0 Å². The summed E-state index contributed by atoms with van der Waals surface area (Å²) in [5.41, 5.74) is 0.740. The van der Waals surface area contributed by atoms with Crippen molar-refractivity contribution < 1.29 is 19.7 Å². The van der Waals surface area contributed by atoms with Crippen LogP contribution in [0.1, 0.15) is 85.0 Å². The first-order valence-corrected chi connectivity index (χ1v) is 10.8. The van der Waals surface area contributed by atoms with Gasteiger partial charge in [-0.1, -0.05) is 33.3 Å². The van der Waals surface area contributed by atoms with E-state index >= 15 is 0 Å². The molecule has 1 saturated heterocycles. The molecule has 27 heavy (non-hydrogen) atoms. The lowest BCUT2D eigenvalue weighted by Crippen LogP contribution is -2.36. The minimum Gasteiger partial charge on any atom is -0.462 e. The molecule has 5 heteroatoms. The van der Waals surface area contributed by atoms with Crippen LogP contribution in [0, 0.1) is 11.3 Å². The van der Waals surface area contributed by atoms with E-state index in [0.717, 1.165) is 44.2 Å². The van der Waals surface area contributed by atoms with Crippen molar-refractivity contribution in [2.24, 2.45) is 11.3 Å². The third-order valence-corrected chi connectivity index (χ3v) is 6.11. The van der Waals surface area contributed by atoms with Crippen molar-refractivity contribution in [3.8, 4) is 0 Å². The molecule has 0 aromatic rings. The van der Waals surface area contributed by atoms with Crippen LogP contribution in [0.2, 0.25) is 0 Å². The molecule has 0 aromatic carbocycles. The summed E-state index contributed by atoms with van der Waals surface area (Å²) < 4.78 is 5.37. The molecule has 2 rings (SSSR count). The Hall–Kier alpha value is -1.07. The second-order valence-electron chi connectivity index (χ2n) is 9.02. The van der Waals surface area contributed by atoms with Gasteiger partial charge in [0.15, 0.2) is 0 Å². The quantitative estimate of drug-likeness (QED) is 0.449. The molecule has 3 atom stereocenters. The summed E-state index contributed by atoms with van der Waals surface area (Å²) in [6, 6.07) is 0.419. The third kappa shape index (κ3) is 7.46. The van der Waals surface area contributed by atoms with E-state index in [0.29, 0.717) is 24.8 Å². The van der Waals surface area contributed by atoms with Gasteiger partial charge in [0.25, 0.3) is 0 Å². The van der Waals surface area contributed by atoms with E-state index in [4.69, 9.17) is 4.74 Å². The van der Waals surface area contributed by atoms with Crippen LogP contribution in [0.25, 0.3) is 0 Å². The van der Waals surface area contributed by atoms with Gasteiger partial charge in [-0.05, 0) is 56.3 Å². The summed E-state index contributed by atoms with van der Waals surface area (Å²) in [6.45, 7) is 6.37. The molecular formula is C22H39NO4. The predicted octanol–water partition coefficient (Wildman–Crippen LogP) is 3.68. The number of carbonyl (C=O) groups excluding carboxylic acids is 1. The minimum atomic E-state index is -0.464. The number of allylic oxidation sites excluding steroid dienone is 1. The highest BCUT2D eigenvalue weighted by Crippen LogP contribution is 2.37. The van der Waals surface area contributed by atoms with E-state index in [-0.39, 0.29) is 24.1 Å². The molecule has 1 heterocycles. The van der Waals surface area contributed by atoms with Crippen molar-refractivity contribution in [1.29, 1.82) is 0 Å². The number of carbonyl (C=O) groups is 1. The Morgan fingerprint density at radius 1 is 1.37 bits per heavy atom. The van der Waals surface area contributed by atoms with Crippen molar-refractivity contribution >= 4 is 5.97 Å². The fourth-order valence-electron chi connectivity index (χ4n) is 4.03. The van der Waals surface area contributed by atoms with Crippen LogP contribution in [-0.4, -0.2) is 41.0 Å². The molecule has 0 bridgehead atoms. The SMILES string of the molecule is CC/C=C(\CO)NC(CCCC(C)(C)[C@H](O)C[C@H]1CCCC(=O)O1)C1CC1. The number of hydrogen-bond donors (Lipinski definition) is 3. The second-order valence-corrected chi connectivity index (χ2v) is 9.02. The van der Waals surface area contributed by atoms with Crippen LogP contribution < -0.4 is 5.32 Å². The molecule has 1 saturated carbocycles. The van der Waals surface area contributed by atoms with Crippen molar-refractivity contribution in [2.45, 2.75) is 103 Å². The zero-order valence-electron chi connectivity index (χ0n) is 17.4. The molecule has 0 radical (unpaired) electrons. The lowest BCUT2D eigenvalue weighted by molar-refractivity contribution is -0.156. The Balaban J connectivity index is 1.78. The van der Waals surface area contributed by atoms with Crippen molar-refractivity contribution in [3.05, 3.63) is 11.8 Å². The molecule has 1 aliphatic heterocycles. The molecule has 0 amide bonds. The van der Waals surface area contributed by atoms with E-state index in [2.05, 4.69) is 32.2 Å². The smallest absolute Gasteiger partial charge is 0.306 e. The highest BCUT2D eigenvalue weighted by Gasteiger charge is 2.34. The molecule has 1 aliphatic carbocycles. The summed E-state index contributed by atoms with van der Waals surface area (Å²) in [5.74, 6) is 0.584. The minimum absolute atomic E-state index is 0.0708. The van der Waals surface area contributed by atoms with Gasteiger partial charge in [-0.2, -0.15) is 0 Å². The van der Waals surface area contributed by atoms with Gasteiger partial charge in [0.2, 0.25) is 0 Å². The number of aliphatic hydroxyl groups is 2. The topological polar surface area (TPSA) is 78.8 Å². The first-order chi connectivity index (χ1) is 12.9. The lowest BCUT2D eigenvalue weighted by Gasteiger charge is -2.34. The van der Waals surface area contributed by atoms with Crippen LogP contribution in [0.5, 0.6) is 0 Å². The van der Waals surface area contributed by atoms with E-state index in [1.54, 1.807) is 0 Å². The number of ether oxygens (including phenoxy) is 1. The number of nitrogens with one attached hydrogen (secondary N) is 1. The number of cyclic esters (lactones) is 1. The largest absolute Gasteiger partial charge is 0.462 e. The average Bonchev–Trinajstić information content (AvgIpc) is 3.45. The number of esters is 1. The number of aliphatic hydroxyl groups excluding tert-OH is 2. The summed E-state index contributed by atoms with van der Waals surface area (Å²) >= 11 is 0. The highest BCUT2D eigenvalue weighted by molar-refractivity contribution is 5.70. The zero-order valence-corrected chi connectivity index (χ0v) is 17.4. The molecular weight excluding hydrogens is 342 g/mol. The van der Waals surface area contributed by atoms with Crippen LogP contribution in [-0.2, 0) is 9.53 Å². The standard InChI is InChI=1S/C22H39NO4/c1-4-7-17(15-24)23-19(16-11-12-16)9-6-13-22(2,3)20(25)14-18-8-5-10-21(26)27-18/h7,16,18-20,23-25H,4-6,8-15H2,1-3H3/b17-7+/t18-,19?,20-/m1/s1. The Kier molecular flexibility index (Phi) is 8.62. The highest BCUT2D eigenvalue weighted by atomic mass is 16.5. The van der Waals surface area contributed by atoms with Gasteiger partial charge in [0.1, 0.15) is 6.10 Å². The number of hydrogen-bond acceptors (Lipinski definition) is 5. The Morgan fingerprint density at radius 2 is 2.11 bits per heavy atom. The molecule has 0 spiro atoms. The lowest BCUT2D eigenvalue weighted by atomic mass is 9.78. The molecule has 2 aliphatic rings. The first-order valence-electron chi connectivity index (χ1n) is 10.8. The van der Waals surface area contributed by atoms with Gasteiger partial charge >= 0.3 is 5.97 Å². The maximum atomic E-state index is 11.4. The van der Waals surface area contributed by atoms with Crippen molar-refractivity contribution in [3.63, 3.8) is 0 Å². The fourth-order valence-corrected chi connectivity index (χ4v) is 4.03. The van der Waals surface area contributed by atoms with Gasteiger partial charge in [-0.15, -0.1) is 0 Å². The Morgan fingerprint density at radius 3 is 2.70 bits per heavy atom. The maximum absolute atomic E-state index is 11.4. The second kappa shape index (κ2) is 10.5.